The number of benzene rings is 1. The molecule has 2 aromatic heterocycles. The lowest BCUT2D eigenvalue weighted by atomic mass is 10.1. The van der Waals surface area contributed by atoms with E-state index in [2.05, 4.69) is 36.8 Å². The van der Waals surface area contributed by atoms with Crippen LogP contribution in [0.5, 0.6) is 11.5 Å². The molecule has 1 aliphatic heterocycles. The molecule has 1 saturated heterocycles. The minimum atomic E-state index is 0.749. The quantitative estimate of drug-likeness (QED) is 0.510. The Morgan fingerprint density at radius 2 is 1.84 bits per heavy atom. The number of thiophene rings is 1. The molecule has 3 aromatic rings. The molecule has 1 fully saturated rings. The van der Waals surface area contributed by atoms with E-state index in [1.54, 1.807) is 25.6 Å². The number of anilines is 1. The Bertz CT molecular complexity index is 1080. The molecule has 0 amide bonds. The summed E-state index contributed by atoms with van der Waals surface area (Å²) >= 11 is 1.76. The third kappa shape index (κ3) is 4.82. The molecule has 3 heterocycles. The summed E-state index contributed by atoms with van der Waals surface area (Å²) in [6.07, 6.45) is 0.878. The summed E-state index contributed by atoms with van der Waals surface area (Å²) < 4.78 is 16.3. The average Bonchev–Trinajstić information content (AvgIpc) is 3.10. The van der Waals surface area contributed by atoms with E-state index in [4.69, 9.17) is 24.2 Å². The molecule has 0 saturated carbocycles. The highest BCUT2D eigenvalue weighted by Gasteiger charge is 2.20. The molecule has 1 aliphatic rings. The zero-order valence-electron chi connectivity index (χ0n) is 19.6. The number of aryl methyl sites for hydroxylation is 2. The first-order chi connectivity index (χ1) is 15.5. The van der Waals surface area contributed by atoms with E-state index in [0.29, 0.717) is 0 Å². The first-order valence-electron chi connectivity index (χ1n) is 11.0. The number of rotatable bonds is 8. The summed E-state index contributed by atoms with van der Waals surface area (Å²) in [6, 6.07) is 6.10. The van der Waals surface area contributed by atoms with Crippen LogP contribution in [0.2, 0.25) is 0 Å². The SMILES string of the molecule is COc1ccc(CCN(C)c2nc(CN3CCOCC3)nc3sc(C)c(C)c23)cc1OC. The summed E-state index contributed by atoms with van der Waals surface area (Å²) in [5.41, 5.74) is 2.47. The summed E-state index contributed by atoms with van der Waals surface area (Å²) in [4.78, 5) is 17.0. The molecule has 8 heteroatoms. The number of fused-ring (bicyclic) bond motifs is 1. The molecule has 1 aromatic carbocycles. The Balaban J connectivity index is 1.58. The summed E-state index contributed by atoms with van der Waals surface area (Å²) in [6.45, 7) is 9.33. The first kappa shape index (κ1) is 22.8. The highest BCUT2D eigenvalue weighted by Crippen LogP contribution is 2.35. The van der Waals surface area contributed by atoms with Crippen molar-refractivity contribution >= 4 is 27.4 Å². The van der Waals surface area contributed by atoms with E-state index in [0.717, 1.165) is 73.8 Å². The van der Waals surface area contributed by atoms with Crippen LogP contribution in [0.4, 0.5) is 5.82 Å². The van der Waals surface area contributed by atoms with Crippen molar-refractivity contribution in [3.63, 3.8) is 0 Å². The number of hydrogen-bond acceptors (Lipinski definition) is 8. The Labute approximate surface area is 193 Å². The molecule has 0 bridgehead atoms. The van der Waals surface area contributed by atoms with Gasteiger partial charge in [0, 0.05) is 31.6 Å². The van der Waals surface area contributed by atoms with Crippen molar-refractivity contribution in [2.75, 3.05) is 59.0 Å². The van der Waals surface area contributed by atoms with Crippen LogP contribution in [0.25, 0.3) is 10.2 Å². The number of morpholine rings is 1. The van der Waals surface area contributed by atoms with Gasteiger partial charge in [-0.1, -0.05) is 6.07 Å². The van der Waals surface area contributed by atoms with Crippen molar-refractivity contribution in [2.24, 2.45) is 0 Å². The fourth-order valence-corrected chi connectivity index (χ4v) is 5.06. The van der Waals surface area contributed by atoms with Crippen molar-refractivity contribution in [2.45, 2.75) is 26.8 Å². The van der Waals surface area contributed by atoms with E-state index < -0.39 is 0 Å². The number of ether oxygens (including phenoxy) is 3. The van der Waals surface area contributed by atoms with Crippen LogP contribution in [-0.2, 0) is 17.7 Å². The van der Waals surface area contributed by atoms with Gasteiger partial charge in [0.2, 0.25) is 0 Å². The van der Waals surface area contributed by atoms with Gasteiger partial charge in [-0.3, -0.25) is 4.90 Å². The minimum absolute atomic E-state index is 0.749. The average molecular weight is 457 g/mol. The fraction of sp³-hybridized carbons (Fsp3) is 0.500. The third-order valence-corrected chi connectivity index (χ3v) is 7.17. The standard InChI is InChI=1S/C24H32N4O3S/c1-16-17(2)32-24-22(16)23(25-21(26-24)15-28-10-12-31-13-11-28)27(3)9-8-18-6-7-19(29-4)20(14-18)30-5/h6-7,14H,8-13,15H2,1-5H3. The summed E-state index contributed by atoms with van der Waals surface area (Å²) in [7, 11) is 5.45. The molecule has 0 radical (unpaired) electrons. The molecular formula is C24H32N4O3S. The van der Waals surface area contributed by atoms with Gasteiger partial charge in [-0.05, 0) is 43.5 Å². The topological polar surface area (TPSA) is 60.0 Å². The normalized spacial score (nSPS) is 14.7. The maximum Gasteiger partial charge on any atom is 0.160 e. The van der Waals surface area contributed by atoms with Gasteiger partial charge in [0.05, 0.1) is 39.4 Å². The van der Waals surface area contributed by atoms with Gasteiger partial charge in [0.1, 0.15) is 16.5 Å². The van der Waals surface area contributed by atoms with Crippen molar-refractivity contribution < 1.29 is 14.2 Å². The number of nitrogens with zero attached hydrogens (tertiary/aromatic N) is 4. The Hall–Kier alpha value is -2.42. The van der Waals surface area contributed by atoms with Crippen LogP contribution in [0, 0.1) is 13.8 Å². The molecule has 0 unspecified atom stereocenters. The highest BCUT2D eigenvalue weighted by molar-refractivity contribution is 7.18. The molecule has 0 aliphatic carbocycles. The fourth-order valence-electron chi connectivity index (χ4n) is 4.02. The van der Waals surface area contributed by atoms with Gasteiger partial charge in [-0.25, -0.2) is 9.97 Å². The Morgan fingerprint density at radius 1 is 1.09 bits per heavy atom. The van der Waals surface area contributed by atoms with Gasteiger partial charge in [0.25, 0.3) is 0 Å². The van der Waals surface area contributed by atoms with E-state index in [1.807, 2.05) is 12.1 Å². The van der Waals surface area contributed by atoms with Crippen molar-refractivity contribution in [3.8, 4) is 11.5 Å². The lowest BCUT2D eigenvalue weighted by molar-refractivity contribution is 0.0331. The first-order valence-corrected chi connectivity index (χ1v) is 11.8. The van der Waals surface area contributed by atoms with Gasteiger partial charge in [-0.2, -0.15) is 0 Å². The molecule has 4 rings (SSSR count). The Morgan fingerprint density at radius 3 is 2.56 bits per heavy atom. The number of likely N-dealkylation sites (N-methyl/N-ethyl adjacent to an activating group) is 1. The van der Waals surface area contributed by atoms with Gasteiger partial charge in [-0.15, -0.1) is 11.3 Å². The van der Waals surface area contributed by atoms with E-state index in [-0.39, 0.29) is 0 Å². The summed E-state index contributed by atoms with van der Waals surface area (Å²) in [5, 5.41) is 1.17. The van der Waals surface area contributed by atoms with Crippen LogP contribution in [-0.4, -0.2) is 69.0 Å². The molecule has 32 heavy (non-hydrogen) atoms. The minimum Gasteiger partial charge on any atom is -0.493 e. The predicted octanol–water partition coefficient (Wildman–Crippen LogP) is 3.84. The molecular weight excluding hydrogens is 424 g/mol. The second-order valence-corrected chi connectivity index (χ2v) is 9.38. The van der Waals surface area contributed by atoms with Crippen LogP contribution >= 0.6 is 11.3 Å². The zero-order chi connectivity index (χ0) is 22.7. The van der Waals surface area contributed by atoms with Crippen molar-refractivity contribution in [3.05, 3.63) is 40.0 Å². The largest absolute Gasteiger partial charge is 0.493 e. The molecule has 0 spiro atoms. The maximum absolute atomic E-state index is 5.49. The van der Waals surface area contributed by atoms with E-state index >= 15 is 0 Å². The second-order valence-electron chi connectivity index (χ2n) is 8.18. The maximum atomic E-state index is 5.49. The number of hydrogen-bond donors (Lipinski definition) is 0. The van der Waals surface area contributed by atoms with Crippen LogP contribution in [0.15, 0.2) is 18.2 Å². The summed E-state index contributed by atoms with van der Waals surface area (Å²) in [5.74, 6) is 3.41. The third-order valence-electron chi connectivity index (χ3n) is 6.07. The lowest BCUT2D eigenvalue weighted by Crippen LogP contribution is -2.36. The van der Waals surface area contributed by atoms with Crippen molar-refractivity contribution in [1.29, 1.82) is 0 Å². The van der Waals surface area contributed by atoms with Crippen molar-refractivity contribution in [1.82, 2.24) is 14.9 Å². The molecule has 0 atom stereocenters. The Kier molecular flexibility index (Phi) is 7.13. The van der Waals surface area contributed by atoms with Crippen LogP contribution < -0.4 is 14.4 Å². The van der Waals surface area contributed by atoms with Crippen LogP contribution in [0.3, 0.4) is 0 Å². The molecule has 0 N–H and O–H groups in total. The lowest BCUT2D eigenvalue weighted by Gasteiger charge is -2.26. The smallest absolute Gasteiger partial charge is 0.160 e. The zero-order valence-corrected chi connectivity index (χ0v) is 20.4. The van der Waals surface area contributed by atoms with E-state index in [9.17, 15) is 0 Å². The van der Waals surface area contributed by atoms with Gasteiger partial charge in [0.15, 0.2) is 11.5 Å². The second kappa shape index (κ2) is 10.0. The predicted molar refractivity (Wildman–Crippen MR) is 130 cm³/mol. The van der Waals surface area contributed by atoms with Gasteiger partial charge < -0.3 is 19.1 Å². The number of methoxy groups -OCH3 is 2. The monoisotopic (exact) mass is 456 g/mol. The van der Waals surface area contributed by atoms with E-state index in [1.165, 1.54) is 21.4 Å². The van der Waals surface area contributed by atoms with Crippen LogP contribution in [0.1, 0.15) is 21.8 Å². The molecule has 172 valence electrons. The molecule has 7 nitrogen and oxygen atoms in total. The number of aromatic nitrogens is 2. The highest BCUT2D eigenvalue weighted by atomic mass is 32.1. The van der Waals surface area contributed by atoms with Gasteiger partial charge >= 0.3 is 0 Å².